The quantitative estimate of drug-likeness (QED) is 0.818. The van der Waals surface area contributed by atoms with Gasteiger partial charge < -0.3 is 15.5 Å². The molecule has 6 heteroatoms. The topological polar surface area (TPSA) is 70.2 Å². The van der Waals surface area contributed by atoms with Crippen molar-refractivity contribution in [1.82, 2.24) is 15.3 Å². The Hall–Kier alpha value is -1.85. The molecule has 0 saturated carbocycles. The lowest BCUT2D eigenvalue weighted by Crippen LogP contribution is -2.55. The third-order valence-electron chi connectivity index (χ3n) is 3.08. The van der Waals surface area contributed by atoms with Crippen molar-refractivity contribution in [1.29, 1.82) is 0 Å². The molecule has 2 heterocycles. The van der Waals surface area contributed by atoms with E-state index in [1.807, 2.05) is 24.8 Å². The number of piperazine rings is 1. The third-order valence-corrected chi connectivity index (χ3v) is 3.08. The van der Waals surface area contributed by atoms with Crippen molar-refractivity contribution in [2.75, 3.05) is 30.4 Å². The number of hydrogen-bond acceptors (Lipinski definition) is 5. The van der Waals surface area contributed by atoms with E-state index in [1.165, 1.54) is 0 Å². The Balaban J connectivity index is 2.34. The van der Waals surface area contributed by atoms with E-state index in [2.05, 4.69) is 20.6 Å². The Morgan fingerprint density at radius 1 is 1.56 bits per heavy atom. The number of aromatic nitrogens is 2. The molecule has 0 aromatic carbocycles. The maximum atomic E-state index is 11.8. The SMILES string of the molecule is CCC1C(=O)NCCN1c1cc(C)nc(NC)n1. The normalized spacial score (nSPS) is 19.6. The summed E-state index contributed by atoms with van der Waals surface area (Å²) in [4.78, 5) is 22.6. The van der Waals surface area contributed by atoms with Crippen molar-refractivity contribution in [3.63, 3.8) is 0 Å². The van der Waals surface area contributed by atoms with Gasteiger partial charge in [-0.15, -0.1) is 0 Å². The van der Waals surface area contributed by atoms with Crippen LogP contribution >= 0.6 is 0 Å². The minimum absolute atomic E-state index is 0.0750. The minimum Gasteiger partial charge on any atom is -0.357 e. The molecule has 98 valence electrons. The summed E-state index contributed by atoms with van der Waals surface area (Å²) in [5.74, 6) is 1.48. The second-order valence-electron chi connectivity index (χ2n) is 4.35. The van der Waals surface area contributed by atoms with Gasteiger partial charge in [0.15, 0.2) is 0 Å². The van der Waals surface area contributed by atoms with E-state index in [-0.39, 0.29) is 11.9 Å². The van der Waals surface area contributed by atoms with Gasteiger partial charge in [0.25, 0.3) is 0 Å². The number of anilines is 2. The summed E-state index contributed by atoms with van der Waals surface area (Å²) in [7, 11) is 1.79. The number of hydrogen-bond donors (Lipinski definition) is 2. The van der Waals surface area contributed by atoms with Crippen LogP contribution in [-0.2, 0) is 4.79 Å². The Morgan fingerprint density at radius 2 is 2.33 bits per heavy atom. The van der Waals surface area contributed by atoms with E-state index >= 15 is 0 Å². The molecule has 1 unspecified atom stereocenters. The molecule has 1 aromatic heterocycles. The van der Waals surface area contributed by atoms with Crippen LogP contribution in [0.25, 0.3) is 0 Å². The van der Waals surface area contributed by atoms with Crippen LogP contribution in [0.4, 0.5) is 11.8 Å². The van der Waals surface area contributed by atoms with Gasteiger partial charge in [-0.3, -0.25) is 4.79 Å². The average molecular weight is 249 g/mol. The van der Waals surface area contributed by atoms with Gasteiger partial charge in [0, 0.05) is 31.9 Å². The van der Waals surface area contributed by atoms with Gasteiger partial charge in [0.05, 0.1) is 0 Å². The number of amides is 1. The zero-order chi connectivity index (χ0) is 13.1. The van der Waals surface area contributed by atoms with Crippen molar-refractivity contribution >= 4 is 17.7 Å². The van der Waals surface area contributed by atoms with Crippen molar-refractivity contribution in [3.8, 4) is 0 Å². The summed E-state index contributed by atoms with van der Waals surface area (Å²) in [5, 5.41) is 5.83. The van der Waals surface area contributed by atoms with Crippen LogP contribution in [0.15, 0.2) is 6.07 Å². The maximum Gasteiger partial charge on any atom is 0.242 e. The Kier molecular flexibility index (Phi) is 3.64. The highest BCUT2D eigenvalue weighted by molar-refractivity contribution is 5.86. The van der Waals surface area contributed by atoms with Crippen molar-refractivity contribution in [2.24, 2.45) is 0 Å². The number of aryl methyl sites for hydroxylation is 1. The molecule has 0 bridgehead atoms. The van der Waals surface area contributed by atoms with Crippen LogP contribution in [0.1, 0.15) is 19.0 Å². The smallest absolute Gasteiger partial charge is 0.242 e. The lowest BCUT2D eigenvalue weighted by molar-refractivity contribution is -0.123. The maximum absolute atomic E-state index is 11.8. The molecule has 1 saturated heterocycles. The van der Waals surface area contributed by atoms with E-state index < -0.39 is 0 Å². The summed E-state index contributed by atoms with van der Waals surface area (Å²) in [6.07, 6.45) is 0.768. The second kappa shape index (κ2) is 5.20. The van der Waals surface area contributed by atoms with Crippen molar-refractivity contribution in [3.05, 3.63) is 11.8 Å². The fourth-order valence-electron chi connectivity index (χ4n) is 2.21. The highest BCUT2D eigenvalue weighted by Crippen LogP contribution is 2.20. The Labute approximate surface area is 107 Å². The summed E-state index contributed by atoms with van der Waals surface area (Å²) in [6.45, 7) is 5.38. The molecule has 1 aliphatic rings. The van der Waals surface area contributed by atoms with E-state index in [4.69, 9.17) is 0 Å². The predicted octanol–water partition coefficient (Wildman–Crippen LogP) is 0.542. The fraction of sp³-hybridized carbons (Fsp3) is 0.583. The van der Waals surface area contributed by atoms with Gasteiger partial charge in [-0.1, -0.05) is 6.92 Å². The molecule has 1 atom stereocenters. The molecule has 2 N–H and O–H groups in total. The summed E-state index contributed by atoms with van der Waals surface area (Å²) >= 11 is 0. The second-order valence-corrected chi connectivity index (χ2v) is 4.35. The van der Waals surface area contributed by atoms with Crippen molar-refractivity contribution in [2.45, 2.75) is 26.3 Å². The Bertz CT molecular complexity index is 448. The highest BCUT2D eigenvalue weighted by Gasteiger charge is 2.29. The monoisotopic (exact) mass is 249 g/mol. The van der Waals surface area contributed by atoms with Gasteiger partial charge in [-0.25, -0.2) is 4.98 Å². The standard InChI is InChI=1S/C12H19N5O/c1-4-9-11(18)14-5-6-17(9)10-7-8(2)15-12(13-3)16-10/h7,9H,4-6H2,1-3H3,(H,14,18)(H,13,15,16). The number of nitrogens with one attached hydrogen (secondary N) is 2. The minimum atomic E-state index is -0.141. The molecule has 6 nitrogen and oxygen atoms in total. The first-order valence-corrected chi connectivity index (χ1v) is 6.23. The van der Waals surface area contributed by atoms with E-state index in [9.17, 15) is 4.79 Å². The summed E-state index contributed by atoms with van der Waals surface area (Å²) in [5.41, 5.74) is 0.894. The summed E-state index contributed by atoms with van der Waals surface area (Å²) < 4.78 is 0. The first-order chi connectivity index (χ1) is 8.65. The molecule has 0 aliphatic carbocycles. The van der Waals surface area contributed by atoms with Gasteiger partial charge in [-0.05, 0) is 13.3 Å². The number of carbonyl (C=O) groups is 1. The zero-order valence-electron chi connectivity index (χ0n) is 11.0. The lowest BCUT2D eigenvalue weighted by atomic mass is 10.1. The molecular formula is C12H19N5O. The van der Waals surface area contributed by atoms with Gasteiger partial charge in [0.1, 0.15) is 11.9 Å². The molecule has 1 fully saturated rings. The molecule has 1 aliphatic heterocycles. The summed E-state index contributed by atoms with van der Waals surface area (Å²) in [6, 6.07) is 1.78. The van der Waals surface area contributed by atoms with Crippen LogP contribution in [0, 0.1) is 6.92 Å². The van der Waals surface area contributed by atoms with E-state index in [0.29, 0.717) is 12.5 Å². The van der Waals surface area contributed by atoms with Crippen LogP contribution in [0.5, 0.6) is 0 Å². The average Bonchev–Trinajstić information content (AvgIpc) is 2.37. The van der Waals surface area contributed by atoms with Gasteiger partial charge >= 0.3 is 0 Å². The molecule has 0 radical (unpaired) electrons. The van der Waals surface area contributed by atoms with Crippen molar-refractivity contribution < 1.29 is 4.79 Å². The number of nitrogens with zero attached hydrogens (tertiary/aromatic N) is 3. The largest absolute Gasteiger partial charge is 0.357 e. The highest BCUT2D eigenvalue weighted by atomic mass is 16.2. The number of rotatable bonds is 3. The van der Waals surface area contributed by atoms with E-state index in [0.717, 1.165) is 24.5 Å². The molecule has 0 spiro atoms. The van der Waals surface area contributed by atoms with Crippen LogP contribution < -0.4 is 15.5 Å². The van der Waals surface area contributed by atoms with Crippen LogP contribution in [-0.4, -0.2) is 42.1 Å². The van der Waals surface area contributed by atoms with E-state index in [1.54, 1.807) is 7.05 Å². The fourth-order valence-corrected chi connectivity index (χ4v) is 2.21. The van der Waals surface area contributed by atoms with Crippen LogP contribution in [0.2, 0.25) is 0 Å². The van der Waals surface area contributed by atoms with Gasteiger partial charge in [0.2, 0.25) is 11.9 Å². The van der Waals surface area contributed by atoms with Gasteiger partial charge in [-0.2, -0.15) is 4.98 Å². The molecular weight excluding hydrogens is 230 g/mol. The molecule has 2 rings (SSSR count). The zero-order valence-corrected chi connectivity index (χ0v) is 11.0. The third kappa shape index (κ3) is 2.37. The first kappa shape index (κ1) is 12.6. The Morgan fingerprint density at radius 3 is 3.00 bits per heavy atom. The molecule has 18 heavy (non-hydrogen) atoms. The molecule has 1 aromatic rings. The van der Waals surface area contributed by atoms with Crippen LogP contribution in [0.3, 0.4) is 0 Å². The first-order valence-electron chi connectivity index (χ1n) is 6.23. The lowest BCUT2D eigenvalue weighted by Gasteiger charge is -2.35. The predicted molar refractivity (Wildman–Crippen MR) is 70.8 cm³/mol. The molecule has 1 amide bonds. The number of carbonyl (C=O) groups excluding carboxylic acids is 1.